The molecule has 0 unspecified atom stereocenters. The number of aryl methyl sites for hydroxylation is 1. The van der Waals surface area contributed by atoms with Crippen molar-refractivity contribution in [3.8, 4) is 0 Å². The number of aliphatic imine (C=N–C) groups is 1. The Hall–Kier alpha value is -2.46. The normalized spacial score (nSPS) is 15.2. The molecule has 0 bridgehead atoms. The quantitative estimate of drug-likeness (QED) is 0.735. The summed E-state index contributed by atoms with van der Waals surface area (Å²) in [6.45, 7) is 8.99. The standard InChI is InChI=1S/C22H27N3O/c1-4-14-24(15-5-2)16-25-20-9-7-6-8-19(20)21(22(25)26)23-18-12-10-17(3)11-13-18/h6-13H,4-5,14-16H2,1-3H3. The van der Waals surface area contributed by atoms with Crippen LogP contribution >= 0.6 is 0 Å². The Labute approximate surface area is 156 Å². The number of nitrogens with zero attached hydrogens (tertiary/aromatic N) is 3. The van der Waals surface area contributed by atoms with Gasteiger partial charge in [0.1, 0.15) is 5.71 Å². The number of fused-ring (bicyclic) bond motifs is 1. The van der Waals surface area contributed by atoms with E-state index in [2.05, 4.69) is 23.7 Å². The van der Waals surface area contributed by atoms with Crippen LogP contribution in [0.2, 0.25) is 0 Å². The Kier molecular flexibility index (Phi) is 5.84. The third kappa shape index (κ3) is 3.86. The average Bonchev–Trinajstić information content (AvgIpc) is 2.90. The van der Waals surface area contributed by atoms with Crippen molar-refractivity contribution in [2.75, 3.05) is 24.7 Å². The van der Waals surface area contributed by atoms with Gasteiger partial charge in [0.15, 0.2) is 0 Å². The van der Waals surface area contributed by atoms with Crippen LogP contribution in [0, 0.1) is 6.92 Å². The van der Waals surface area contributed by atoms with Gasteiger partial charge < -0.3 is 0 Å². The van der Waals surface area contributed by atoms with Crippen molar-refractivity contribution in [2.24, 2.45) is 4.99 Å². The van der Waals surface area contributed by atoms with E-state index in [-0.39, 0.29) is 5.91 Å². The zero-order valence-corrected chi connectivity index (χ0v) is 15.9. The molecule has 26 heavy (non-hydrogen) atoms. The van der Waals surface area contributed by atoms with Crippen molar-refractivity contribution in [3.05, 3.63) is 59.7 Å². The van der Waals surface area contributed by atoms with E-state index in [0.29, 0.717) is 12.4 Å². The van der Waals surface area contributed by atoms with Crippen LogP contribution in [0.1, 0.15) is 37.8 Å². The molecule has 4 nitrogen and oxygen atoms in total. The third-order valence-electron chi connectivity index (χ3n) is 4.59. The highest BCUT2D eigenvalue weighted by atomic mass is 16.2. The van der Waals surface area contributed by atoms with Crippen LogP contribution in [0.15, 0.2) is 53.5 Å². The van der Waals surface area contributed by atoms with Gasteiger partial charge in [0, 0.05) is 5.56 Å². The fraction of sp³-hybridized carbons (Fsp3) is 0.364. The van der Waals surface area contributed by atoms with Crippen LogP contribution in [0.5, 0.6) is 0 Å². The Morgan fingerprint density at radius 1 is 0.962 bits per heavy atom. The molecule has 1 amide bonds. The van der Waals surface area contributed by atoms with Crippen LogP contribution in [-0.4, -0.2) is 36.3 Å². The lowest BCUT2D eigenvalue weighted by Gasteiger charge is -2.27. The second-order valence-corrected chi connectivity index (χ2v) is 6.81. The zero-order chi connectivity index (χ0) is 18.5. The molecule has 0 aliphatic carbocycles. The van der Waals surface area contributed by atoms with E-state index in [0.717, 1.165) is 42.9 Å². The number of benzene rings is 2. The van der Waals surface area contributed by atoms with Gasteiger partial charge in [-0.25, -0.2) is 4.99 Å². The SMILES string of the molecule is CCCN(CCC)CN1C(=O)C(=Nc2ccc(C)cc2)c2ccccc21. The lowest BCUT2D eigenvalue weighted by molar-refractivity contribution is -0.112. The van der Waals surface area contributed by atoms with Crippen LogP contribution < -0.4 is 4.90 Å². The topological polar surface area (TPSA) is 35.9 Å². The average molecular weight is 349 g/mol. The monoisotopic (exact) mass is 349 g/mol. The number of hydrogen-bond acceptors (Lipinski definition) is 3. The summed E-state index contributed by atoms with van der Waals surface area (Å²) in [7, 11) is 0. The van der Waals surface area contributed by atoms with E-state index in [1.165, 1.54) is 5.56 Å². The van der Waals surface area contributed by atoms with Gasteiger partial charge in [-0.3, -0.25) is 14.6 Å². The number of carbonyl (C=O) groups excluding carboxylic acids is 1. The zero-order valence-electron chi connectivity index (χ0n) is 15.9. The van der Waals surface area contributed by atoms with Crippen molar-refractivity contribution in [2.45, 2.75) is 33.6 Å². The minimum absolute atomic E-state index is 0.0102. The molecule has 0 radical (unpaired) electrons. The van der Waals surface area contributed by atoms with Crippen LogP contribution in [0.3, 0.4) is 0 Å². The molecule has 1 aliphatic rings. The lowest BCUT2D eigenvalue weighted by atomic mass is 10.1. The molecule has 0 fully saturated rings. The van der Waals surface area contributed by atoms with Crippen LogP contribution in [-0.2, 0) is 4.79 Å². The highest BCUT2D eigenvalue weighted by Crippen LogP contribution is 2.31. The summed E-state index contributed by atoms with van der Waals surface area (Å²) in [6.07, 6.45) is 2.15. The molecular weight excluding hydrogens is 322 g/mol. The van der Waals surface area contributed by atoms with E-state index < -0.39 is 0 Å². The molecule has 4 heteroatoms. The fourth-order valence-corrected chi connectivity index (χ4v) is 3.34. The first-order valence-corrected chi connectivity index (χ1v) is 9.43. The van der Waals surface area contributed by atoms with Crippen LogP contribution in [0.25, 0.3) is 0 Å². The largest absolute Gasteiger partial charge is 0.293 e. The smallest absolute Gasteiger partial charge is 0.278 e. The van der Waals surface area contributed by atoms with Gasteiger partial charge in [-0.15, -0.1) is 0 Å². The molecule has 3 rings (SSSR count). The highest BCUT2D eigenvalue weighted by molar-refractivity contribution is 6.54. The van der Waals surface area contributed by atoms with Gasteiger partial charge in [-0.2, -0.15) is 0 Å². The number of carbonyl (C=O) groups is 1. The molecule has 2 aromatic rings. The predicted molar refractivity (Wildman–Crippen MR) is 108 cm³/mol. The first-order valence-electron chi connectivity index (χ1n) is 9.43. The Morgan fingerprint density at radius 2 is 1.62 bits per heavy atom. The third-order valence-corrected chi connectivity index (χ3v) is 4.59. The molecule has 0 N–H and O–H groups in total. The highest BCUT2D eigenvalue weighted by Gasteiger charge is 2.34. The van der Waals surface area contributed by atoms with E-state index >= 15 is 0 Å². The molecule has 0 spiro atoms. The summed E-state index contributed by atoms with van der Waals surface area (Å²) in [6, 6.07) is 15.9. The second kappa shape index (κ2) is 8.28. The molecule has 2 aromatic carbocycles. The summed E-state index contributed by atoms with van der Waals surface area (Å²) in [5, 5.41) is 0. The lowest BCUT2D eigenvalue weighted by Crippen LogP contribution is -2.41. The van der Waals surface area contributed by atoms with E-state index in [4.69, 9.17) is 0 Å². The summed E-state index contributed by atoms with van der Waals surface area (Å²) in [5.74, 6) is -0.0102. The number of anilines is 1. The van der Waals surface area contributed by atoms with Gasteiger partial charge in [0.2, 0.25) is 0 Å². The van der Waals surface area contributed by atoms with Crippen molar-refractivity contribution in [1.82, 2.24) is 4.90 Å². The van der Waals surface area contributed by atoms with Gasteiger partial charge in [-0.1, -0.05) is 49.7 Å². The molecule has 0 saturated heterocycles. The van der Waals surface area contributed by atoms with Gasteiger partial charge >= 0.3 is 0 Å². The number of para-hydroxylation sites is 1. The summed E-state index contributed by atoms with van der Waals surface area (Å²) < 4.78 is 0. The minimum atomic E-state index is -0.0102. The predicted octanol–water partition coefficient (Wildman–Crippen LogP) is 4.54. The molecule has 0 atom stereocenters. The maximum absolute atomic E-state index is 13.1. The van der Waals surface area contributed by atoms with Gasteiger partial charge in [-0.05, 0) is 51.1 Å². The van der Waals surface area contributed by atoms with Crippen molar-refractivity contribution in [3.63, 3.8) is 0 Å². The molecular formula is C22H27N3O. The van der Waals surface area contributed by atoms with Crippen molar-refractivity contribution < 1.29 is 4.79 Å². The fourth-order valence-electron chi connectivity index (χ4n) is 3.34. The Balaban J connectivity index is 1.94. The van der Waals surface area contributed by atoms with Crippen LogP contribution in [0.4, 0.5) is 11.4 Å². The summed E-state index contributed by atoms with van der Waals surface area (Å²) in [4.78, 5) is 22.0. The van der Waals surface area contributed by atoms with E-state index in [1.807, 2.05) is 60.4 Å². The Bertz CT molecular complexity index is 789. The molecule has 1 aliphatic heterocycles. The number of hydrogen-bond donors (Lipinski definition) is 0. The van der Waals surface area contributed by atoms with Crippen molar-refractivity contribution in [1.29, 1.82) is 0 Å². The van der Waals surface area contributed by atoms with Gasteiger partial charge in [0.25, 0.3) is 5.91 Å². The van der Waals surface area contributed by atoms with E-state index in [9.17, 15) is 4.79 Å². The Morgan fingerprint density at radius 3 is 2.27 bits per heavy atom. The molecule has 0 saturated carbocycles. The minimum Gasteiger partial charge on any atom is -0.293 e. The van der Waals surface area contributed by atoms with E-state index in [1.54, 1.807) is 0 Å². The summed E-state index contributed by atoms with van der Waals surface area (Å²) in [5.41, 5.74) is 4.42. The first-order chi connectivity index (χ1) is 12.6. The molecule has 0 aromatic heterocycles. The maximum Gasteiger partial charge on any atom is 0.278 e. The number of amides is 1. The van der Waals surface area contributed by atoms with Gasteiger partial charge in [0.05, 0.1) is 18.0 Å². The summed E-state index contributed by atoms with van der Waals surface area (Å²) >= 11 is 0. The first kappa shape index (κ1) is 18.3. The number of rotatable bonds is 7. The molecule has 136 valence electrons. The maximum atomic E-state index is 13.1. The second-order valence-electron chi connectivity index (χ2n) is 6.81. The van der Waals surface area contributed by atoms with Crippen molar-refractivity contribution >= 4 is 23.0 Å². The molecule has 1 heterocycles.